The van der Waals surface area contributed by atoms with E-state index >= 15 is 0 Å². The number of benzene rings is 3. The van der Waals surface area contributed by atoms with Crippen LogP contribution in [0.5, 0.6) is 0 Å². The predicted molar refractivity (Wildman–Crippen MR) is 105 cm³/mol. The summed E-state index contributed by atoms with van der Waals surface area (Å²) in [4.78, 5) is 25.6. The minimum absolute atomic E-state index is 0.0362. The first kappa shape index (κ1) is 13.8. The molecule has 0 saturated carbocycles. The molecule has 3 aromatic carbocycles. The fraction of sp³-hybridized carbons (Fsp3) is 0. The average Bonchev–Trinajstić information content (AvgIpc) is 2.62. The molecule has 0 fully saturated rings. The highest BCUT2D eigenvalue weighted by Crippen LogP contribution is 2.31. The minimum Gasteiger partial charge on any atom is -0.289 e. The standard InChI is InChI=1S/C20H10O2S2/c21-19-11-5-1-3-7-15(11)23-17-10-14-18(9-13(17)19)24-16-8-4-2-6-12(16)20(14)22/h1-10H. The van der Waals surface area contributed by atoms with E-state index in [1.54, 1.807) is 22.7 Å². The van der Waals surface area contributed by atoms with Crippen molar-refractivity contribution in [2.45, 2.75) is 0 Å². The van der Waals surface area contributed by atoms with E-state index in [2.05, 4.69) is 0 Å². The van der Waals surface area contributed by atoms with Crippen molar-refractivity contribution in [3.8, 4) is 0 Å². The first-order chi connectivity index (χ1) is 11.7. The molecule has 5 aromatic rings. The molecule has 5 rings (SSSR count). The molecule has 2 nitrogen and oxygen atoms in total. The van der Waals surface area contributed by atoms with E-state index in [4.69, 9.17) is 0 Å². The first-order valence-corrected chi connectivity index (χ1v) is 9.17. The molecule has 114 valence electrons. The maximum Gasteiger partial charge on any atom is 0.195 e. The molecule has 0 aliphatic rings. The van der Waals surface area contributed by atoms with Crippen molar-refractivity contribution in [2.75, 3.05) is 0 Å². The molecule has 0 aliphatic carbocycles. The van der Waals surface area contributed by atoms with Crippen LogP contribution < -0.4 is 10.9 Å². The number of hydrogen-bond acceptors (Lipinski definition) is 4. The minimum atomic E-state index is 0.0362. The highest BCUT2D eigenvalue weighted by Gasteiger charge is 2.11. The van der Waals surface area contributed by atoms with Crippen LogP contribution in [-0.4, -0.2) is 0 Å². The highest BCUT2D eigenvalue weighted by molar-refractivity contribution is 7.26. The van der Waals surface area contributed by atoms with Gasteiger partial charge in [0.25, 0.3) is 0 Å². The van der Waals surface area contributed by atoms with Crippen LogP contribution in [0.1, 0.15) is 0 Å². The zero-order valence-electron chi connectivity index (χ0n) is 12.4. The quantitative estimate of drug-likeness (QED) is 0.364. The van der Waals surface area contributed by atoms with Crippen LogP contribution in [-0.2, 0) is 0 Å². The second-order valence-corrected chi connectivity index (χ2v) is 7.87. The normalized spacial score (nSPS) is 11.7. The van der Waals surface area contributed by atoms with Crippen LogP contribution in [0.2, 0.25) is 0 Å². The van der Waals surface area contributed by atoms with E-state index in [1.807, 2.05) is 60.7 Å². The maximum atomic E-state index is 12.8. The molecule has 0 radical (unpaired) electrons. The van der Waals surface area contributed by atoms with Crippen LogP contribution in [0, 0.1) is 0 Å². The van der Waals surface area contributed by atoms with Crippen molar-refractivity contribution >= 4 is 63.0 Å². The maximum absolute atomic E-state index is 12.8. The molecule has 0 bridgehead atoms. The van der Waals surface area contributed by atoms with Gasteiger partial charge in [0.2, 0.25) is 0 Å². The van der Waals surface area contributed by atoms with Crippen molar-refractivity contribution in [1.82, 2.24) is 0 Å². The van der Waals surface area contributed by atoms with Gasteiger partial charge in [0, 0.05) is 40.3 Å². The van der Waals surface area contributed by atoms with E-state index in [9.17, 15) is 9.59 Å². The Balaban J connectivity index is 2.05. The number of rotatable bonds is 0. The summed E-state index contributed by atoms with van der Waals surface area (Å²) in [5.41, 5.74) is 0.0723. The zero-order valence-corrected chi connectivity index (χ0v) is 14.0. The summed E-state index contributed by atoms with van der Waals surface area (Å²) in [6.45, 7) is 0. The molecular weight excluding hydrogens is 336 g/mol. The predicted octanol–water partition coefficient (Wildman–Crippen LogP) is 5.14. The van der Waals surface area contributed by atoms with Crippen LogP contribution in [0.4, 0.5) is 0 Å². The Kier molecular flexibility index (Phi) is 2.86. The van der Waals surface area contributed by atoms with Gasteiger partial charge < -0.3 is 0 Å². The van der Waals surface area contributed by atoms with Gasteiger partial charge in [-0.2, -0.15) is 0 Å². The third-order valence-corrected chi connectivity index (χ3v) is 6.54. The highest BCUT2D eigenvalue weighted by atomic mass is 32.1. The summed E-state index contributed by atoms with van der Waals surface area (Å²) in [6, 6.07) is 19.0. The van der Waals surface area contributed by atoms with E-state index in [1.165, 1.54) is 0 Å². The Morgan fingerprint density at radius 3 is 1.38 bits per heavy atom. The largest absolute Gasteiger partial charge is 0.289 e. The molecular formula is C20H10O2S2. The fourth-order valence-corrected chi connectivity index (χ4v) is 5.28. The van der Waals surface area contributed by atoms with Gasteiger partial charge in [-0.3, -0.25) is 9.59 Å². The average molecular weight is 346 g/mol. The lowest BCUT2D eigenvalue weighted by atomic mass is 10.1. The first-order valence-electron chi connectivity index (χ1n) is 7.53. The zero-order chi connectivity index (χ0) is 16.3. The second kappa shape index (κ2) is 4.97. The van der Waals surface area contributed by atoms with Gasteiger partial charge in [-0.05, 0) is 36.4 Å². The van der Waals surface area contributed by atoms with E-state index in [-0.39, 0.29) is 10.9 Å². The molecule has 0 aliphatic heterocycles. The molecule has 0 N–H and O–H groups in total. The van der Waals surface area contributed by atoms with Gasteiger partial charge in [0.1, 0.15) is 0 Å². The second-order valence-electron chi connectivity index (χ2n) is 5.70. The van der Waals surface area contributed by atoms with E-state index in [0.29, 0.717) is 10.8 Å². The summed E-state index contributed by atoms with van der Waals surface area (Å²) < 4.78 is 3.63. The summed E-state index contributed by atoms with van der Waals surface area (Å²) in [5.74, 6) is 0. The third kappa shape index (κ3) is 1.87. The number of fused-ring (bicyclic) bond motifs is 4. The summed E-state index contributed by atoms with van der Waals surface area (Å²) >= 11 is 3.12. The number of hydrogen-bond donors (Lipinski definition) is 0. The van der Waals surface area contributed by atoms with Gasteiger partial charge in [0.15, 0.2) is 10.9 Å². The topological polar surface area (TPSA) is 34.1 Å². The van der Waals surface area contributed by atoms with Gasteiger partial charge >= 0.3 is 0 Å². The Morgan fingerprint density at radius 1 is 0.500 bits per heavy atom. The monoisotopic (exact) mass is 346 g/mol. The van der Waals surface area contributed by atoms with Gasteiger partial charge in [-0.25, -0.2) is 0 Å². The van der Waals surface area contributed by atoms with Crippen molar-refractivity contribution in [2.24, 2.45) is 0 Å². The van der Waals surface area contributed by atoms with Crippen LogP contribution in [0.15, 0.2) is 70.3 Å². The molecule has 0 amide bonds. The van der Waals surface area contributed by atoms with Crippen molar-refractivity contribution in [3.63, 3.8) is 0 Å². The molecule has 0 atom stereocenters. The Bertz CT molecular complexity index is 1280. The molecule has 2 aromatic heterocycles. The Morgan fingerprint density at radius 2 is 0.917 bits per heavy atom. The van der Waals surface area contributed by atoms with E-state index < -0.39 is 0 Å². The molecule has 4 heteroatoms. The molecule has 2 heterocycles. The molecule has 0 unspecified atom stereocenters. The van der Waals surface area contributed by atoms with Crippen molar-refractivity contribution in [3.05, 3.63) is 81.1 Å². The Hall–Kier alpha value is -2.56. The van der Waals surface area contributed by atoms with Gasteiger partial charge in [0.05, 0.1) is 0 Å². The molecule has 0 saturated heterocycles. The molecule has 0 spiro atoms. The van der Waals surface area contributed by atoms with Crippen molar-refractivity contribution < 1.29 is 0 Å². The Labute approximate surface area is 144 Å². The van der Waals surface area contributed by atoms with Crippen LogP contribution in [0.25, 0.3) is 40.3 Å². The lowest BCUT2D eigenvalue weighted by Crippen LogP contribution is -2.04. The summed E-state index contributed by atoms with van der Waals surface area (Å²) in [7, 11) is 0. The van der Waals surface area contributed by atoms with E-state index in [0.717, 1.165) is 29.6 Å². The third-order valence-electron chi connectivity index (χ3n) is 4.27. The van der Waals surface area contributed by atoms with Gasteiger partial charge in [-0.1, -0.05) is 24.3 Å². The van der Waals surface area contributed by atoms with Crippen molar-refractivity contribution in [1.29, 1.82) is 0 Å². The van der Waals surface area contributed by atoms with Crippen LogP contribution >= 0.6 is 22.7 Å². The smallest absolute Gasteiger partial charge is 0.195 e. The molecule has 24 heavy (non-hydrogen) atoms. The fourth-order valence-electron chi connectivity index (χ4n) is 3.10. The summed E-state index contributed by atoms with van der Waals surface area (Å²) in [5, 5.41) is 2.86. The lowest BCUT2D eigenvalue weighted by molar-refractivity contribution is 1.76. The van der Waals surface area contributed by atoms with Crippen LogP contribution in [0.3, 0.4) is 0 Å². The lowest BCUT2D eigenvalue weighted by Gasteiger charge is -2.04. The summed E-state index contributed by atoms with van der Waals surface area (Å²) in [6.07, 6.45) is 0. The van der Waals surface area contributed by atoms with Gasteiger partial charge in [-0.15, -0.1) is 22.7 Å². The SMILES string of the molecule is O=c1c2ccccc2sc2cc3c(=O)c4ccccc4sc3cc12.